The van der Waals surface area contributed by atoms with Crippen LogP contribution in [0.25, 0.3) is 18.0 Å². The van der Waals surface area contributed by atoms with E-state index in [9.17, 15) is 0 Å². The predicted molar refractivity (Wildman–Crippen MR) is 79.4 cm³/mol. The molecule has 1 aromatic heterocycles. The van der Waals surface area contributed by atoms with E-state index in [-0.39, 0.29) is 0 Å². The number of aromatic nitrogens is 2. The lowest BCUT2D eigenvalue weighted by Crippen LogP contribution is -2.10. The van der Waals surface area contributed by atoms with Gasteiger partial charge in [0.05, 0.1) is 12.4 Å². The fourth-order valence-corrected chi connectivity index (χ4v) is 2.59. The van der Waals surface area contributed by atoms with Crippen LogP contribution in [0.4, 0.5) is 0 Å². The van der Waals surface area contributed by atoms with E-state index in [0.29, 0.717) is 0 Å². The van der Waals surface area contributed by atoms with Gasteiger partial charge in [0, 0.05) is 5.56 Å². The zero-order valence-electron chi connectivity index (χ0n) is 11.0. The standard InChI is InChI=1S/C17H14N2O/c1-2-5-13(6-3-1)9-10-15-12-19-17-14(11-18-19)7-4-8-16(17)20-15/h1-3,5-6,8-12H,4,7H2. The Morgan fingerprint density at radius 2 is 2.05 bits per heavy atom. The first-order valence-electron chi connectivity index (χ1n) is 6.80. The lowest BCUT2D eigenvalue weighted by Gasteiger charge is -2.20. The van der Waals surface area contributed by atoms with E-state index in [0.717, 1.165) is 35.6 Å². The molecule has 0 spiro atoms. The van der Waals surface area contributed by atoms with Crippen LogP contribution in [-0.2, 0) is 11.2 Å². The van der Waals surface area contributed by atoms with Gasteiger partial charge in [-0.25, -0.2) is 4.68 Å². The van der Waals surface area contributed by atoms with E-state index in [1.165, 1.54) is 5.56 Å². The summed E-state index contributed by atoms with van der Waals surface area (Å²) in [5, 5.41) is 4.41. The van der Waals surface area contributed by atoms with Crippen molar-refractivity contribution >= 4 is 18.0 Å². The molecular formula is C17H14N2O. The van der Waals surface area contributed by atoms with E-state index in [1.54, 1.807) is 0 Å². The summed E-state index contributed by atoms with van der Waals surface area (Å²) in [5.41, 5.74) is 3.53. The first-order valence-corrected chi connectivity index (χ1v) is 6.80. The number of benzene rings is 1. The zero-order chi connectivity index (χ0) is 13.4. The topological polar surface area (TPSA) is 27.1 Å². The van der Waals surface area contributed by atoms with Crippen LogP contribution in [0.2, 0.25) is 0 Å². The minimum atomic E-state index is 0.809. The van der Waals surface area contributed by atoms with Gasteiger partial charge in [0.1, 0.15) is 17.2 Å². The van der Waals surface area contributed by atoms with Gasteiger partial charge >= 0.3 is 0 Å². The number of ether oxygens (including phenoxy) is 1. The van der Waals surface area contributed by atoms with Crippen molar-refractivity contribution in [2.45, 2.75) is 12.8 Å². The summed E-state index contributed by atoms with van der Waals surface area (Å²) in [6.45, 7) is 0. The van der Waals surface area contributed by atoms with E-state index < -0.39 is 0 Å². The fourth-order valence-electron chi connectivity index (χ4n) is 2.59. The van der Waals surface area contributed by atoms with Crippen LogP contribution < -0.4 is 0 Å². The summed E-state index contributed by atoms with van der Waals surface area (Å²) in [6, 6.07) is 10.2. The molecule has 0 saturated carbocycles. The van der Waals surface area contributed by atoms with E-state index >= 15 is 0 Å². The van der Waals surface area contributed by atoms with Crippen LogP contribution in [-0.4, -0.2) is 9.78 Å². The molecule has 0 radical (unpaired) electrons. The van der Waals surface area contributed by atoms with E-state index in [1.807, 2.05) is 47.4 Å². The second-order valence-electron chi connectivity index (χ2n) is 4.95. The first kappa shape index (κ1) is 11.3. The van der Waals surface area contributed by atoms with Crippen molar-refractivity contribution in [1.29, 1.82) is 0 Å². The van der Waals surface area contributed by atoms with Crippen LogP contribution in [0.15, 0.2) is 54.4 Å². The highest BCUT2D eigenvalue weighted by Gasteiger charge is 2.23. The van der Waals surface area contributed by atoms with Crippen LogP contribution >= 0.6 is 0 Å². The molecule has 0 unspecified atom stereocenters. The van der Waals surface area contributed by atoms with Crippen molar-refractivity contribution in [2.24, 2.45) is 0 Å². The number of allylic oxidation sites excluding steroid dienone is 2. The zero-order valence-corrected chi connectivity index (χ0v) is 11.0. The highest BCUT2D eigenvalue weighted by Crippen LogP contribution is 2.33. The Labute approximate surface area is 117 Å². The molecule has 0 bridgehead atoms. The molecule has 3 heteroatoms. The lowest BCUT2D eigenvalue weighted by atomic mass is 10.0. The molecule has 2 aromatic rings. The summed E-state index contributed by atoms with van der Waals surface area (Å²) in [6.07, 6.45) is 12.1. The molecule has 3 nitrogen and oxygen atoms in total. The van der Waals surface area contributed by atoms with Gasteiger partial charge in [0.15, 0.2) is 0 Å². The molecule has 4 rings (SSSR count). The molecule has 1 aromatic carbocycles. The Balaban J connectivity index is 1.68. The summed E-state index contributed by atoms with van der Waals surface area (Å²) in [5.74, 6) is 1.74. The quantitative estimate of drug-likeness (QED) is 0.825. The highest BCUT2D eigenvalue weighted by atomic mass is 16.5. The average Bonchev–Trinajstić information content (AvgIpc) is 2.91. The molecule has 0 fully saturated rings. The third-order valence-electron chi connectivity index (χ3n) is 3.56. The Morgan fingerprint density at radius 3 is 2.95 bits per heavy atom. The number of hydrogen-bond donors (Lipinski definition) is 0. The van der Waals surface area contributed by atoms with Crippen LogP contribution in [0.5, 0.6) is 0 Å². The Kier molecular flexibility index (Phi) is 2.56. The predicted octanol–water partition coefficient (Wildman–Crippen LogP) is 3.71. The Bertz CT molecular complexity index is 736. The maximum absolute atomic E-state index is 5.95. The van der Waals surface area contributed by atoms with Crippen molar-refractivity contribution < 1.29 is 4.74 Å². The fraction of sp³-hybridized carbons (Fsp3) is 0.118. The molecule has 98 valence electrons. The van der Waals surface area contributed by atoms with Crippen molar-refractivity contribution in [2.75, 3.05) is 0 Å². The van der Waals surface area contributed by atoms with Crippen molar-refractivity contribution in [1.82, 2.24) is 9.78 Å². The van der Waals surface area contributed by atoms with Gasteiger partial charge < -0.3 is 4.74 Å². The van der Waals surface area contributed by atoms with Gasteiger partial charge in [-0.2, -0.15) is 5.10 Å². The van der Waals surface area contributed by atoms with Crippen molar-refractivity contribution in [3.8, 4) is 0 Å². The maximum Gasteiger partial charge on any atom is 0.149 e. The van der Waals surface area contributed by atoms with Gasteiger partial charge in [0.2, 0.25) is 0 Å². The van der Waals surface area contributed by atoms with Crippen LogP contribution in [0, 0.1) is 0 Å². The molecule has 0 amide bonds. The summed E-state index contributed by atoms with van der Waals surface area (Å²) >= 11 is 0. The Hall–Kier alpha value is -2.55. The summed E-state index contributed by atoms with van der Waals surface area (Å²) < 4.78 is 7.86. The SMILES string of the molecule is C(=Cc1ccccc1)C1=Cn2ncc3c2C(=CCC3)O1. The molecule has 1 aliphatic carbocycles. The lowest BCUT2D eigenvalue weighted by molar-refractivity contribution is 0.386. The second kappa shape index (κ2) is 4.53. The van der Waals surface area contributed by atoms with Gasteiger partial charge in [-0.05, 0) is 30.6 Å². The van der Waals surface area contributed by atoms with E-state index in [2.05, 4.69) is 23.3 Å². The first-order chi connectivity index (χ1) is 9.90. The van der Waals surface area contributed by atoms with Crippen molar-refractivity contribution in [3.63, 3.8) is 0 Å². The third kappa shape index (κ3) is 1.88. The molecule has 20 heavy (non-hydrogen) atoms. The monoisotopic (exact) mass is 262 g/mol. The summed E-state index contributed by atoms with van der Waals surface area (Å²) in [7, 11) is 0. The summed E-state index contributed by atoms with van der Waals surface area (Å²) in [4.78, 5) is 0. The van der Waals surface area contributed by atoms with Crippen molar-refractivity contribution in [3.05, 3.63) is 71.3 Å². The van der Waals surface area contributed by atoms with Gasteiger partial charge in [-0.1, -0.05) is 36.4 Å². The van der Waals surface area contributed by atoms with Gasteiger partial charge in [0.25, 0.3) is 0 Å². The molecule has 0 saturated heterocycles. The number of aryl methyl sites for hydroxylation is 1. The molecule has 2 heterocycles. The number of rotatable bonds is 2. The Morgan fingerprint density at radius 1 is 1.15 bits per heavy atom. The maximum atomic E-state index is 5.95. The molecule has 0 N–H and O–H groups in total. The number of nitrogens with zero attached hydrogens (tertiary/aromatic N) is 2. The molecule has 1 aliphatic heterocycles. The van der Waals surface area contributed by atoms with Crippen LogP contribution in [0.1, 0.15) is 23.2 Å². The molecular weight excluding hydrogens is 248 g/mol. The molecule has 2 aliphatic rings. The molecule has 0 atom stereocenters. The highest BCUT2D eigenvalue weighted by molar-refractivity contribution is 5.69. The second-order valence-corrected chi connectivity index (χ2v) is 4.95. The minimum absolute atomic E-state index is 0.809. The smallest absolute Gasteiger partial charge is 0.149 e. The van der Waals surface area contributed by atoms with E-state index in [4.69, 9.17) is 4.74 Å². The average molecular weight is 262 g/mol. The normalized spacial score (nSPS) is 16.4. The largest absolute Gasteiger partial charge is 0.454 e. The number of hydrogen-bond acceptors (Lipinski definition) is 2. The van der Waals surface area contributed by atoms with Crippen LogP contribution in [0.3, 0.4) is 0 Å². The third-order valence-corrected chi connectivity index (χ3v) is 3.56. The van der Waals surface area contributed by atoms with Gasteiger partial charge in [-0.15, -0.1) is 0 Å². The van der Waals surface area contributed by atoms with Gasteiger partial charge in [-0.3, -0.25) is 0 Å². The minimum Gasteiger partial charge on any atom is -0.454 e.